The van der Waals surface area contributed by atoms with E-state index in [0.29, 0.717) is 5.02 Å². The molecule has 1 atom stereocenters. The number of nitrogens with one attached hydrogen (secondary N) is 1. The third kappa shape index (κ3) is 5.13. The van der Waals surface area contributed by atoms with Gasteiger partial charge < -0.3 is 15.2 Å². The van der Waals surface area contributed by atoms with Crippen molar-refractivity contribution in [3.05, 3.63) is 57.2 Å². The Bertz CT molecular complexity index is 574. The normalized spacial score (nSPS) is 12.1. The maximum Gasteiger partial charge on any atom is 0.246 e. The molecule has 2 aromatic rings. The van der Waals surface area contributed by atoms with Crippen LogP contribution in [0.3, 0.4) is 0 Å². The molecule has 1 amide bonds. The average Bonchev–Trinajstić information content (AvgIpc) is 3.01. The highest BCUT2D eigenvalue weighted by Gasteiger charge is 2.10. The summed E-state index contributed by atoms with van der Waals surface area (Å²) in [6.45, 7) is 0.382. The van der Waals surface area contributed by atoms with Crippen molar-refractivity contribution in [1.29, 1.82) is 0 Å². The molecular formula is C15H16ClNO3S. The molecule has 0 aliphatic rings. The van der Waals surface area contributed by atoms with Gasteiger partial charge in [0.05, 0.1) is 12.7 Å². The molecule has 6 heteroatoms. The van der Waals surface area contributed by atoms with Crippen LogP contribution in [-0.2, 0) is 16.1 Å². The van der Waals surface area contributed by atoms with Crippen molar-refractivity contribution in [2.45, 2.75) is 12.7 Å². The van der Waals surface area contributed by atoms with E-state index in [0.717, 1.165) is 11.1 Å². The van der Waals surface area contributed by atoms with Crippen LogP contribution in [0.5, 0.6) is 0 Å². The second-order valence-corrected chi connectivity index (χ2v) is 5.65. The van der Waals surface area contributed by atoms with Gasteiger partial charge in [-0.05, 0) is 34.0 Å². The van der Waals surface area contributed by atoms with Crippen LogP contribution in [0.1, 0.15) is 17.2 Å². The number of hydrogen-bond acceptors (Lipinski definition) is 4. The number of aliphatic hydroxyl groups excluding tert-OH is 1. The summed E-state index contributed by atoms with van der Waals surface area (Å²) in [5.74, 6) is -0.267. The number of carbonyl (C=O) groups excluding carboxylic acids is 1. The average molecular weight is 326 g/mol. The molecule has 0 saturated heterocycles. The van der Waals surface area contributed by atoms with Gasteiger partial charge in [0.15, 0.2) is 0 Å². The fourth-order valence-electron chi connectivity index (χ4n) is 1.71. The lowest BCUT2D eigenvalue weighted by atomic mass is 10.2. The topological polar surface area (TPSA) is 58.6 Å². The number of amides is 1. The zero-order chi connectivity index (χ0) is 15.1. The Labute approximate surface area is 132 Å². The maximum absolute atomic E-state index is 11.6. The van der Waals surface area contributed by atoms with Crippen LogP contribution in [0.2, 0.25) is 5.02 Å². The van der Waals surface area contributed by atoms with Crippen LogP contribution in [0.4, 0.5) is 0 Å². The second kappa shape index (κ2) is 8.14. The number of halogens is 1. The van der Waals surface area contributed by atoms with Crippen molar-refractivity contribution in [3.63, 3.8) is 0 Å². The first-order chi connectivity index (χ1) is 10.2. The maximum atomic E-state index is 11.6. The van der Waals surface area contributed by atoms with Crippen molar-refractivity contribution in [3.8, 4) is 0 Å². The molecule has 1 heterocycles. The van der Waals surface area contributed by atoms with E-state index >= 15 is 0 Å². The molecule has 0 radical (unpaired) electrons. The van der Waals surface area contributed by atoms with E-state index in [2.05, 4.69) is 5.32 Å². The smallest absolute Gasteiger partial charge is 0.246 e. The molecule has 0 bridgehead atoms. The standard InChI is InChI=1S/C15H16ClNO3S/c16-13-4-2-1-3-11(13)8-20-9-15(19)17-7-14(18)12-5-6-21-10-12/h1-6,10,14,18H,7-9H2,(H,17,19). The summed E-state index contributed by atoms with van der Waals surface area (Å²) in [7, 11) is 0. The van der Waals surface area contributed by atoms with Crippen molar-refractivity contribution in [2.24, 2.45) is 0 Å². The van der Waals surface area contributed by atoms with Gasteiger partial charge in [0.25, 0.3) is 0 Å². The molecule has 2 N–H and O–H groups in total. The third-order valence-electron chi connectivity index (χ3n) is 2.87. The molecule has 21 heavy (non-hydrogen) atoms. The van der Waals surface area contributed by atoms with Crippen LogP contribution < -0.4 is 5.32 Å². The van der Waals surface area contributed by atoms with E-state index in [1.807, 2.05) is 35.0 Å². The minimum atomic E-state index is -0.691. The number of thiophene rings is 1. The van der Waals surface area contributed by atoms with Gasteiger partial charge in [-0.25, -0.2) is 0 Å². The number of hydrogen-bond donors (Lipinski definition) is 2. The summed E-state index contributed by atoms with van der Waals surface area (Å²) >= 11 is 7.49. The molecule has 1 unspecified atom stereocenters. The summed E-state index contributed by atoms with van der Waals surface area (Å²) in [4.78, 5) is 11.6. The lowest BCUT2D eigenvalue weighted by molar-refractivity contribution is -0.126. The predicted molar refractivity (Wildman–Crippen MR) is 83.4 cm³/mol. The van der Waals surface area contributed by atoms with Crippen LogP contribution in [0.15, 0.2) is 41.1 Å². The first-order valence-electron chi connectivity index (χ1n) is 6.45. The van der Waals surface area contributed by atoms with Gasteiger partial charge in [-0.2, -0.15) is 11.3 Å². The molecule has 2 rings (SSSR count). The van der Waals surface area contributed by atoms with Gasteiger partial charge in [-0.15, -0.1) is 0 Å². The van der Waals surface area contributed by atoms with Gasteiger partial charge in [0, 0.05) is 11.6 Å². The van der Waals surface area contributed by atoms with Crippen molar-refractivity contribution in [1.82, 2.24) is 5.32 Å². The van der Waals surface area contributed by atoms with E-state index in [1.165, 1.54) is 11.3 Å². The minimum Gasteiger partial charge on any atom is -0.387 e. The molecule has 0 saturated carbocycles. The Balaban J connectivity index is 1.67. The summed E-state index contributed by atoms with van der Waals surface area (Å²) < 4.78 is 5.31. The van der Waals surface area contributed by atoms with Crippen molar-refractivity contribution >= 4 is 28.8 Å². The van der Waals surface area contributed by atoms with Crippen molar-refractivity contribution in [2.75, 3.05) is 13.2 Å². The Morgan fingerprint density at radius 1 is 1.38 bits per heavy atom. The van der Waals surface area contributed by atoms with Gasteiger partial charge in [0.1, 0.15) is 6.61 Å². The van der Waals surface area contributed by atoms with E-state index in [4.69, 9.17) is 16.3 Å². The highest BCUT2D eigenvalue weighted by molar-refractivity contribution is 7.07. The molecule has 0 aliphatic heterocycles. The fraction of sp³-hybridized carbons (Fsp3) is 0.267. The molecule has 112 valence electrons. The third-order valence-corrected chi connectivity index (χ3v) is 3.94. The second-order valence-electron chi connectivity index (χ2n) is 4.46. The van der Waals surface area contributed by atoms with E-state index in [1.54, 1.807) is 6.07 Å². The number of aliphatic hydroxyl groups is 1. The Morgan fingerprint density at radius 2 is 2.19 bits per heavy atom. The largest absolute Gasteiger partial charge is 0.387 e. The zero-order valence-corrected chi connectivity index (χ0v) is 12.9. The summed E-state index contributed by atoms with van der Waals surface area (Å²) in [5, 5.41) is 16.8. The van der Waals surface area contributed by atoms with Gasteiger partial charge in [-0.1, -0.05) is 29.8 Å². The zero-order valence-electron chi connectivity index (χ0n) is 11.3. The summed E-state index contributed by atoms with van der Waals surface area (Å²) in [5.41, 5.74) is 1.64. The molecule has 1 aromatic heterocycles. The minimum absolute atomic E-state index is 0.0679. The van der Waals surface area contributed by atoms with Crippen LogP contribution in [0, 0.1) is 0 Å². The monoisotopic (exact) mass is 325 g/mol. The van der Waals surface area contributed by atoms with Gasteiger partial charge >= 0.3 is 0 Å². The Morgan fingerprint density at radius 3 is 2.90 bits per heavy atom. The first-order valence-corrected chi connectivity index (χ1v) is 7.77. The first kappa shape index (κ1) is 16.0. The van der Waals surface area contributed by atoms with Crippen molar-refractivity contribution < 1.29 is 14.6 Å². The Kier molecular flexibility index (Phi) is 6.20. The van der Waals surface area contributed by atoms with Gasteiger partial charge in [0.2, 0.25) is 5.91 Å². The molecule has 1 aromatic carbocycles. The number of rotatable bonds is 7. The number of benzene rings is 1. The summed E-state index contributed by atoms with van der Waals surface area (Å²) in [6, 6.07) is 9.15. The van der Waals surface area contributed by atoms with E-state index in [-0.39, 0.29) is 25.7 Å². The van der Waals surface area contributed by atoms with Crippen LogP contribution in [0.25, 0.3) is 0 Å². The van der Waals surface area contributed by atoms with Gasteiger partial charge in [-0.3, -0.25) is 4.79 Å². The molecule has 4 nitrogen and oxygen atoms in total. The lowest BCUT2D eigenvalue weighted by Crippen LogP contribution is -2.31. The molecule has 0 spiro atoms. The fourth-order valence-corrected chi connectivity index (χ4v) is 2.61. The van der Waals surface area contributed by atoms with E-state index in [9.17, 15) is 9.90 Å². The SMILES string of the molecule is O=C(COCc1ccccc1Cl)NCC(O)c1ccsc1. The molecule has 0 fully saturated rings. The highest BCUT2D eigenvalue weighted by Crippen LogP contribution is 2.16. The highest BCUT2D eigenvalue weighted by atomic mass is 35.5. The predicted octanol–water partition coefficient (Wildman–Crippen LogP) is 2.77. The number of carbonyl (C=O) groups is 1. The molecular weight excluding hydrogens is 310 g/mol. The Hall–Kier alpha value is -1.40. The van der Waals surface area contributed by atoms with Crippen LogP contribution >= 0.6 is 22.9 Å². The molecule has 0 aliphatic carbocycles. The lowest BCUT2D eigenvalue weighted by Gasteiger charge is -2.11. The van der Waals surface area contributed by atoms with E-state index < -0.39 is 6.10 Å². The summed E-state index contributed by atoms with van der Waals surface area (Å²) in [6.07, 6.45) is -0.691. The quantitative estimate of drug-likeness (QED) is 0.823. The number of ether oxygens (including phenoxy) is 1. The van der Waals surface area contributed by atoms with Crippen LogP contribution in [-0.4, -0.2) is 24.2 Å².